The van der Waals surface area contributed by atoms with Crippen LogP contribution in [0.2, 0.25) is 0 Å². The Morgan fingerprint density at radius 1 is 0.935 bits per heavy atom. The molecule has 0 radical (unpaired) electrons. The molecule has 1 heterocycles. The van der Waals surface area contributed by atoms with Crippen molar-refractivity contribution in [1.29, 1.82) is 0 Å². The van der Waals surface area contributed by atoms with Crippen LogP contribution >= 0.6 is 11.3 Å². The molecule has 0 aliphatic heterocycles. The molecular weight excluding hydrogens is 398 g/mol. The van der Waals surface area contributed by atoms with Crippen LogP contribution in [-0.4, -0.2) is 5.91 Å². The Morgan fingerprint density at radius 2 is 1.65 bits per heavy atom. The summed E-state index contributed by atoms with van der Waals surface area (Å²) in [6, 6.07) is 23.3. The number of carbonyl (C=O) groups excluding carboxylic acids is 1. The third-order valence-electron chi connectivity index (χ3n) is 7.60. The molecule has 2 aromatic carbocycles. The van der Waals surface area contributed by atoms with Crippen LogP contribution in [0.5, 0.6) is 0 Å². The molecular formula is C28H31NOS. The van der Waals surface area contributed by atoms with Gasteiger partial charge in [-0.1, -0.05) is 99.7 Å². The van der Waals surface area contributed by atoms with Gasteiger partial charge in [0.1, 0.15) is 0 Å². The molecule has 0 bridgehead atoms. The van der Waals surface area contributed by atoms with Gasteiger partial charge in [-0.3, -0.25) is 4.79 Å². The van der Waals surface area contributed by atoms with Crippen LogP contribution < -0.4 is 5.32 Å². The summed E-state index contributed by atoms with van der Waals surface area (Å²) in [5.41, 5.74) is 3.82. The second-order valence-corrected chi connectivity index (χ2v) is 10.5. The number of amides is 1. The maximum absolute atomic E-state index is 13.0. The Kier molecular flexibility index (Phi) is 5.71. The van der Waals surface area contributed by atoms with Crippen molar-refractivity contribution in [3.8, 4) is 11.1 Å². The van der Waals surface area contributed by atoms with Crippen LogP contribution in [0.25, 0.3) is 11.1 Å². The number of hydrogen-bond acceptors (Lipinski definition) is 2. The van der Waals surface area contributed by atoms with Crippen LogP contribution in [-0.2, 0) is 0 Å². The SMILES string of the molecule is C[C@@]1([C@@H](NC(=O)c2cccs2)c2ccc(-c3ccccc3)cc2)C[C@H]1C1CCCCC1. The van der Waals surface area contributed by atoms with E-state index < -0.39 is 0 Å². The highest BCUT2D eigenvalue weighted by Crippen LogP contribution is 2.65. The van der Waals surface area contributed by atoms with Crippen molar-refractivity contribution in [2.24, 2.45) is 17.3 Å². The van der Waals surface area contributed by atoms with Crippen LogP contribution in [0.15, 0.2) is 72.1 Å². The molecule has 2 fully saturated rings. The van der Waals surface area contributed by atoms with E-state index in [-0.39, 0.29) is 17.4 Å². The van der Waals surface area contributed by atoms with E-state index in [1.807, 2.05) is 23.6 Å². The van der Waals surface area contributed by atoms with Gasteiger partial charge in [0.25, 0.3) is 5.91 Å². The minimum absolute atomic E-state index is 0.0545. The highest BCUT2D eigenvalue weighted by atomic mass is 32.1. The molecule has 1 amide bonds. The van der Waals surface area contributed by atoms with Crippen molar-refractivity contribution >= 4 is 17.2 Å². The monoisotopic (exact) mass is 429 g/mol. The van der Waals surface area contributed by atoms with E-state index in [2.05, 4.69) is 60.8 Å². The zero-order chi connectivity index (χ0) is 21.3. The van der Waals surface area contributed by atoms with Crippen LogP contribution in [0, 0.1) is 17.3 Å². The van der Waals surface area contributed by atoms with Gasteiger partial charge in [0.05, 0.1) is 10.9 Å². The van der Waals surface area contributed by atoms with Crippen molar-refractivity contribution in [1.82, 2.24) is 5.32 Å². The fourth-order valence-electron chi connectivity index (χ4n) is 5.73. The fourth-order valence-corrected chi connectivity index (χ4v) is 6.35. The van der Waals surface area contributed by atoms with Gasteiger partial charge in [-0.05, 0) is 51.8 Å². The molecule has 2 saturated carbocycles. The van der Waals surface area contributed by atoms with Crippen molar-refractivity contribution < 1.29 is 4.79 Å². The second-order valence-electron chi connectivity index (χ2n) is 9.59. The molecule has 3 aromatic rings. The van der Waals surface area contributed by atoms with Crippen molar-refractivity contribution in [2.75, 3.05) is 0 Å². The Balaban J connectivity index is 1.42. The summed E-state index contributed by atoms with van der Waals surface area (Å²) in [5, 5.41) is 5.41. The maximum Gasteiger partial charge on any atom is 0.261 e. The largest absolute Gasteiger partial charge is 0.344 e. The minimum atomic E-state index is 0.0545. The summed E-state index contributed by atoms with van der Waals surface area (Å²) < 4.78 is 0. The van der Waals surface area contributed by atoms with Crippen molar-refractivity contribution in [3.63, 3.8) is 0 Å². The van der Waals surface area contributed by atoms with E-state index in [4.69, 9.17) is 0 Å². The molecule has 2 aliphatic carbocycles. The van der Waals surface area contributed by atoms with Gasteiger partial charge in [0, 0.05) is 0 Å². The van der Waals surface area contributed by atoms with E-state index >= 15 is 0 Å². The lowest BCUT2D eigenvalue weighted by atomic mass is 9.79. The first-order valence-corrected chi connectivity index (χ1v) is 12.5. The topological polar surface area (TPSA) is 29.1 Å². The standard InChI is InChI=1S/C28H31NOS/c1-28(19-24(28)22-11-6-3-7-12-22)26(29-27(30)25-13-8-18-31-25)23-16-14-21(15-17-23)20-9-4-2-5-10-20/h2,4-5,8-10,13-18,22,24,26H,3,6-7,11-12,19H2,1H3,(H,29,30)/t24-,26-,28+/m0/s1. The number of nitrogens with one attached hydrogen (secondary N) is 1. The Morgan fingerprint density at radius 3 is 2.32 bits per heavy atom. The normalized spacial score (nSPS) is 24.5. The van der Waals surface area contributed by atoms with Gasteiger partial charge >= 0.3 is 0 Å². The smallest absolute Gasteiger partial charge is 0.261 e. The summed E-state index contributed by atoms with van der Waals surface area (Å²) in [5.74, 6) is 1.60. The molecule has 31 heavy (non-hydrogen) atoms. The number of hydrogen-bond donors (Lipinski definition) is 1. The molecule has 1 aromatic heterocycles. The highest BCUT2D eigenvalue weighted by molar-refractivity contribution is 7.12. The van der Waals surface area contributed by atoms with Crippen molar-refractivity contribution in [2.45, 2.75) is 51.5 Å². The average molecular weight is 430 g/mol. The van der Waals surface area contributed by atoms with Crippen molar-refractivity contribution in [3.05, 3.63) is 82.6 Å². The van der Waals surface area contributed by atoms with Gasteiger partial charge in [-0.25, -0.2) is 0 Å². The summed E-state index contributed by atoms with van der Waals surface area (Å²) in [7, 11) is 0. The van der Waals surface area contributed by atoms with E-state index in [0.29, 0.717) is 0 Å². The molecule has 3 heteroatoms. The zero-order valence-corrected chi connectivity index (χ0v) is 19.0. The third-order valence-corrected chi connectivity index (χ3v) is 8.47. The van der Waals surface area contributed by atoms with E-state index in [0.717, 1.165) is 16.7 Å². The number of thiophene rings is 1. The lowest BCUT2D eigenvalue weighted by Gasteiger charge is -2.30. The van der Waals surface area contributed by atoms with Crippen LogP contribution in [0.1, 0.15) is 66.7 Å². The Bertz CT molecular complexity index is 1000. The summed E-state index contributed by atoms with van der Waals surface area (Å²) >= 11 is 1.52. The molecule has 2 nitrogen and oxygen atoms in total. The average Bonchev–Trinajstić information content (AvgIpc) is 3.23. The highest BCUT2D eigenvalue weighted by Gasteiger charge is 2.58. The molecule has 5 rings (SSSR count). The predicted octanol–water partition coefficient (Wildman–Crippen LogP) is 7.49. The molecule has 2 aliphatic rings. The fraction of sp³-hybridized carbons (Fsp3) is 0.393. The summed E-state index contributed by atoms with van der Waals surface area (Å²) in [6.45, 7) is 2.40. The van der Waals surface area contributed by atoms with E-state index in [1.54, 1.807) is 0 Å². The lowest BCUT2D eigenvalue weighted by molar-refractivity contribution is 0.0915. The van der Waals surface area contributed by atoms with Crippen LogP contribution in [0.4, 0.5) is 0 Å². The molecule has 160 valence electrons. The maximum atomic E-state index is 13.0. The number of carbonyl (C=O) groups is 1. The van der Waals surface area contributed by atoms with Gasteiger partial charge in [0.15, 0.2) is 0 Å². The van der Waals surface area contributed by atoms with Gasteiger partial charge in [0.2, 0.25) is 0 Å². The predicted molar refractivity (Wildman–Crippen MR) is 129 cm³/mol. The quantitative estimate of drug-likeness (QED) is 0.432. The second kappa shape index (κ2) is 8.63. The Hall–Kier alpha value is -2.39. The first kappa shape index (κ1) is 20.5. The number of rotatable bonds is 6. The molecule has 1 N–H and O–H groups in total. The van der Waals surface area contributed by atoms with Gasteiger partial charge in [-0.2, -0.15) is 0 Å². The van der Waals surface area contributed by atoms with Crippen LogP contribution in [0.3, 0.4) is 0 Å². The van der Waals surface area contributed by atoms with Gasteiger partial charge in [-0.15, -0.1) is 11.3 Å². The molecule has 0 saturated heterocycles. The first-order valence-electron chi connectivity index (χ1n) is 11.6. The Labute approximate surface area is 189 Å². The zero-order valence-electron chi connectivity index (χ0n) is 18.2. The van der Waals surface area contributed by atoms with E-state index in [9.17, 15) is 4.79 Å². The minimum Gasteiger partial charge on any atom is -0.344 e. The summed E-state index contributed by atoms with van der Waals surface area (Å²) in [6.07, 6.45) is 8.06. The summed E-state index contributed by atoms with van der Waals surface area (Å²) in [4.78, 5) is 13.8. The molecule has 0 spiro atoms. The van der Waals surface area contributed by atoms with Gasteiger partial charge < -0.3 is 5.32 Å². The third kappa shape index (κ3) is 4.21. The molecule has 3 atom stereocenters. The lowest BCUT2D eigenvalue weighted by Crippen LogP contribution is -2.34. The first-order chi connectivity index (χ1) is 15.1. The molecule has 0 unspecified atom stereocenters. The van der Waals surface area contributed by atoms with E-state index in [1.165, 1.54) is 66.6 Å². The number of benzene rings is 2.